The molecule has 0 saturated heterocycles. The quantitative estimate of drug-likeness (QED) is 0.689. The largest absolute Gasteiger partial charge is 0.457 e. The standard InChI is InChI=1S/C15H12BrN3O2S/c1-2-14-18-19-15(22-14)17-13(20)6-4-11-8-9-7-10(16)3-5-12(9)21-11/h3-8H,2H2,1H3,(H,17,19,20)/b6-4+. The van der Waals surface area contributed by atoms with Gasteiger partial charge in [0.15, 0.2) is 0 Å². The van der Waals surface area contributed by atoms with Crippen LogP contribution in [0.15, 0.2) is 39.2 Å². The number of furan rings is 1. The second kappa shape index (κ2) is 6.41. The highest BCUT2D eigenvalue weighted by atomic mass is 79.9. The molecule has 3 aromatic rings. The first kappa shape index (κ1) is 14.9. The van der Waals surface area contributed by atoms with Gasteiger partial charge in [0, 0.05) is 15.9 Å². The predicted molar refractivity (Wildman–Crippen MR) is 90.9 cm³/mol. The molecule has 7 heteroatoms. The zero-order chi connectivity index (χ0) is 15.5. The summed E-state index contributed by atoms with van der Waals surface area (Å²) in [5.74, 6) is 0.357. The number of anilines is 1. The molecule has 0 spiro atoms. The number of aryl methyl sites for hydroxylation is 1. The number of halogens is 1. The van der Waals surface area contributed by atoms with Crippen LogP contribution >= 0.6 is 27.3 Å². The van der Waals surface area contributed by atoms with Crippen molar-refractivity contribution in [3.63, 3.8) is 0 Å². The van der Waals surface area contributed by atoms with Crippen LogP contribution in [0.4, 0.5) is 5.13 Å². The van der Waals surface area contributed by atoms with Gasteiger partial charge in [0.05, 0.1) is 0 Å². The lowest BCUT2D eigenvalue weighted by Crippen LogP contribution is -2.07. The van der Waals surface area contributed by atoms with Crippen LogP contribution < -0.4 is 5.32 Å². The molecule has 0 unspecified atom stereocenters. The molecule has 0 fully saturated rings. The second-order valence-corrected chi connectivity index (χ2v) is 6.49. The molecular weight excluding hydrogens is 366 g/mol. The number of benzene rings is 1. The van der Waals surface area contributed by atoms with Crippen LogP contribution in [0.3, 0.4) is 0 Å². The number of aromatic nitrogens is 2. The van der Waals surface area contributed by atoms with E-state index in [4.69, 9.17) is 4.42 Å². The summed E-state index contributed by atoms with van der Waals surface area (Å²) in [6.45, 7) is 1.99. The van der Waals surface area contributed by atoms with Gasteiger partial charge in [0.1, 0.15) is 16.4 Å². The van der Waals surface area contributed by atoms with Crippen molar-refractivity contribution in [1.82, 2.24) is 10.2 Å². The molecular formula is C15H12BrN3O2S. The van der Waals surface area contributed by atoms with Crippen molar-refractivity contribution in [2.45, 2.75) is 13.3 Å². The summed E-state index contributed by atoms with van der Waals surface area (Å²) < 4.78 is 6.62. The minimum atomic E-state index is -0.263. The Labute approximate surface area is 139 Å². The monoisotopic (exact) mass is 377 g/mol. The van der Waals surface area contributed by atoms with Gasteiger partial charge in [-0.15, -0.1) is 10.2 Å². The number of carbonyl (C=O) groups excluding carboxylic acids is 1. The number of amides is 1. The van der Waals surface area contributed by atoms with Gasteiger partial charge in [-0.3, -0.25) is 10.1 Å². The zero-order valence-electron chi connectivity index (χ0n) is 11.7. The van der Waals surface area contributed by atoms with Crippen LogP contribution in [0, 0.1) is 0 Å². The Morgan fingerprint density at radius 2 is 2.27 bits per heavy atom. The topological polar surface area (TPSA) is 68.0 Å². The fourth-order valence-electron chi connectivity index (χ4n) is 1.87. The molecule has 2 heterocycles. The van der Waals surface area contributed by atoms with Crippen LogP contribution in [0.5, 0.6) is 0 Å². The van der Waals surface area contributed by atoms with Crippen molar-refractivity contribution < 1.29 is 9.21 Å². The molecule has 0 radical (unpaired) electrons. The number of rotatable bonds is 4. The number of nitrogens with zero attached hydrogens (tertiary/aromatic N) is 2. The van der Waals surface area contributed by atoms with E-state index in [1.165, 1.54) is 17.4 Å². The summed E-state index contributed by atoms with van der Waals surface area (Å²) in [5, 5.41) is 12.9. The number of hydrogen-bond acceptors (Lipinski definition) is 5. The van der Waals surface area contributed by atoms with Crippen LogP contribution in [-0.4, -0.2) is 16.1 Å². The van der Waals surface area contributed by atoms with E-state index in [0.717, 1.165) is 26.9 Å². The van der Waals surface area contributed by atoms with Crippen molar-refractivity contribution in [1.29, 1.82) is 0 Å². The lowest BCUT2D eigenvalue weighted by atomic mass is 10.2. The van der Waals surface area contributed by atoms with Gasteiger partial charge >= 0.3 is 0 Å². The molecule has 3 rings (SSSR count). The molecule has 0 aliphatic rings. The molecule has 0 atom stereocenters. The first-order chi connectivity index (χ1) is 10.6. The normalized spacial score (nSPS) is 11.4. The molecule has 2 aromatic heterocycles. The number of fused-ring (bicyclic) bond motifs is 1. The van der Waals surface area contributed by atoms with Gasteiger partial charge < -0.3 is 4.42 Å². The van der Waals surface area contributed by atoms with Crippen molar-refractivity contribution in [3.8, 4) is 0 Å². The molecule has 5 nitrogen and oxygen atoms in total. The number of carbonyl (C=O) groups is 1. The molecule has 1 N–H and O–H groups in total. The third-order valence-corrected chi connectivity index (χ3v) is 4.37. The highest BCUT2D eigenvalue weighted by molar-refractivity contribution is 9.10. The van der Waals surface area contributed by atoms with Crippen molar-refractivity contribution >= 4 is 55.4 Å². The van der Waals surface area contributed by atoms with E-state index in [2.05, 4.69) is 31.4 Å². The Balaban J connectivity index is 1.70. The summed E-state index contributed by atoms with van der Waals surface area (Å²) in [6.07, 6.45) is 3.85. The van der Waals surface area contributed by atoms with Crippen molar-refractivity contribution in [2.75, 3.05) is 5.32 Å². The van der Waals surface area contributed by atoms with Gasteiger partial charge in [0.2, 0.25) is 11.0 Å². The van der Waals surface area contributed by atoms with Gasteiger partial charge in [-0.05, 0) is 36.8 Å². The lowest BCUT2D eigenvalue weighted by Gasteiger charge is -1.93. The maximum Gasteiger partial charge on any atom is 0.250 e. The average Bonchev–Trinajstić information content (AvgIpc) is 3.10. The van der Waals surface area contributed by atoms with E-state index >= 15 is 0 Å². The molecule has 1 aromatic carbocycles. The second-order valence-electron chi connectivity index (χ2n) is 4.51. The maximum absolute atomic E-state index is 11.8. The van der Waals surface area contributed by atoms with Crippen LogP contribution in [0.2, 0.25) is 0 Å². The molecule has 112 valence electrons. The summed E-state index contributed by atoms with van der Waals surface area (Å²) in [6, 6.07) is 7.63. The van der Waals surface area contributed by atoms with E-state index in [9.17, 15) is 4.79 Å². The fraction of sp³-hybridized carbons (Fsp3) is 0.133. The Hall–Kier alpha value is -1.99. The smallest absolute Gasteiger partial charge is 0.250 e. The minimum absolute atomic E-state index is 0.263. The van der Waals surface area contributed by atoms with Crippen molar-refractivity contribution in [2.24, 2.45) is 0 Å². The van der Waals surface area contributed by atoms with Crippen LogP contribution in [0.1, 0.15) is 17.7 Å². The maximum atomic E-state index is 11.8. The van der Waals surface area contributed by atoms with E-state index in [1.807, 2.05) is 31.2 Å². The van der Waals surface area contributed by atoms with E-state index in [-0.39, 0.29) is 5.91 Å². The van der Waals surface area contributed by atoms with Crippen LogP contribution in [-0.2, 0) is 11.2 Å². The third-order valence-electron chi connectivity index (χ3n) is 2.90. The highest BCUT2D eigenvalue weighted by Gasteiger charge is 2.06. The summed E-state index contributed by atoms with van der Waals surface area (Å²) in [4.78, 5) is 11.8. The first-order valence-corrected chi connectivity index (χ1v) is 8.25. The SMILES string of the molecule is CCc1nnc(NC(=O)/C=C/c2cc3cc(Br)ccc3o2)s1. The summed E-state index contributed by atoms with van der Waals surface area (Å²) in [5.41, 5.74) is 0.778. The first-order valence-electron chi connectivity index (χ1n) is 6.64. The van der Waals surface area contributed by atoms with Crippen molar-refractivity contribution in [3.05, 3.63) is 45.6 Å². The predicted octanol–water partition coefficient (Wildman–Crippen LogP) is 4.26. The zero-order valence-corrected chi connectivity index (χ0v) is 14.1. The molecule has 22 heavy (non-hydrogen) atoms. The number of nitrogens with one attached hydrogen (secondary N) is 1. The van der Waals surface area contributed by atoms with Gasteiger partial charge in [-0.2, -0.15) is 0 Å². The average molecular weight is 378 g/mol. The minimum Gasteiger partial charge on any atom is -0.457 e. The van der Waals surface area contributed by atoms with Gasteiger partial charge in [0.25, 0.3) is 0 Å². The summed E-state index contributed by atoms with van der Waals surface area (Å²) in [7, 11) is 0. The molecule has 0 aliphatic heterocycles. The highest BCUT2D eigenvalue weighted by Crippen LogP contribution is 2.24. The molecule has 0 aliphatic carbocycles. The Morgan fingerprint density at radius 3 is 3.05 bits per heavy atom. The Morgan fingerprint density at radius 1 is 1.41 bits per heavy atom. The van der Waals surface area contributed by atoms with Gasteiger partial charge in [-0.25, -0.2) is 0 Å². The molecule has 0 saturated carbocycles. The Bertz CT molecular complexity index is 853. The molecule has 0 bridgehead atoms. The number of hydrogen-bond donors (Lipinski definition) is 1. The van der Waals surface area contributed by atoms with E-state index in [0.29, 0.717) is 10.9 Å². The van der Waals surface area contributed by atoms with Gasteiger partial charge in [-0.1, -0.05) is 34.2 Å². The molecule has 1 amide bonds. The summed E-state index contributed by atoms with van der Waals surface area (Å²) >= 11 is 4.78. The fourth-order valence-corrected chi connectivity index (χ4v) is 2.93. The van der Waals surface area contributed by atoms with E-state index in [1.54, 1.807) is 6.08 Å². The lowest BCUT2D eigenvalue weighted by molar-refractivity contribution is -0.111. The van der Waals surface area contributed by atoms with Crippen LogP contribution in [0.25, 0.3) is 17.0 Å². The third kappa shape index (κ3) is 3.42. The Kier molecular flexibility index (Phi) is 4.35. The van der Waals surface area contributed by atoms with E-state index < -0.39 is 0 Å².